The van der Waals surface area contributed by atoms with Gasteiger partial charge in [-0.05, 0) is 18.2 Å². The van der Waals surface area contributed by atoms with Crippen molar-refractivity contribution < 1.29 is 4.48 Å². The second kappa shape index (κ2) is 6.81. The van der Waals surface area contributed by atoms with Gasteiger partial charge in [-0.3, -0.25) is 0 Å². The third-order valence-electron chi connectivity index (χ3n) is 4.17. The molecule has 1 heterocycles. The van der Waals surface area contributed by atoms with Gasteiger partial charge in [-0.2, -0.15) is 0 Å². The first-order chi connectivity index (χ1) is 9.59. The maximum Gasteiger partial charge on any atom is 0.0911 e. The van der Waals surface area contributed by atoms with Crippen LogP contribution < -0.4 is 22.1 Å². The van der Waals surface area contributed by atoms with Gasteiger partial charge in [-0.1, -0.05) is 0 Å². The highest BCUT2D eigenvalue weighted by Gasteiger charge is 2.25. The number of nitrogens with zero attached hydrogens (tertiary/aromatic N) is 1. The summed E-state index contributed by atoms with van der Waals surface area (Å²) in [6.07, 6.45) is 2.76. The number of likely N-dealkylation sites (tertiary alicyclic amines) is 1. The summed E-state index contributed by atoms with van der Waals surface area (Å²) in [4.78, 5) is 0. The molecular weight excluding hydrogens is 250 g/mol. The van der Waals surface area contributed by atoms with Gasteiger partial charge in [0.25, 0.3) is 0 Å². The lowest BCUT2D eigenvalue weighted by Gasteiger charge is -2.29. The Balaban J connectivity index is 1.61. The zero-order chi connectivity index (χ0) is 14.4. The number of hydrogen-bond acceptors (Lipinski definition) is 4. The molecule has 0 radical (unpaired) electrons. The zero-order valence-electron chi connectivity index (χ0n) is 12.5. The first kappa shape index (κ1) is 14.9. The summed E-state index contributed by atoms with van der Waals surface area (Å²) in [6.45, 7) is 6.76. The minimum absolute atomic E-state index is 0.737. The SMILES string of the molecule is C[N+]1(CCNCCNc2cc(N)ccc2N)CCCC1. The lowest BCUT2D eigenvalue weighted by molar-refractivity contribution is -0.896. The average molecular weight is 278 g/mol. The summed E-state index contributed by atoms with van der Waals surface area (Å²) in [5.41, 5.74) is 14.0. The van der Waals surface area contributed by atoms with Crippen LogP contribution in [0.5, 0.6) is 0 Å². The van der Waals surface area contributed by atoms with Crippen molar-refractivity contribution in [2.24, 2.45) is 0 Å². The van der Waals surface area contributed by atoms with Crippen LogP contribution in [0.1, 0.15) is 12.8 Å². The molecule has 20 heavy (non-hydrogen) atoms. The Labute approximate surface area is 121 Å². The molecule has 1 aromatic rings. The minimum Gasteiger partial charge on any atom is -0.399 e. The maximum atomic E-state index is 5.89. The third-order valence-corrected chi connectivity index (χ3v) is 4.17. The quantitative estimate of drug-likeness (QED) is 0.342. The van der Waals surface area contributed by atoms with Gasteiger partial charge in [0, 0.05) is 38.2 Å². The van der Waals surface area contributed by atoms with Crippen molar-refractivity contribution in [3.05, 3.63) is 18.2 Å². The van der Waals surface area contributed by atoms with Crippen molar-refractivity contribution in [3.8, 4) is 0 Å². The van der Waals surface area contributed by atoms with Gasteiger partial charge >= 0.3 is 0 Å². The van der Waals surface area contributed by atoms with Crippen LogP contribution in [0.2, 0.25) is 0 Å². The molecule has 1 aliphatic rings. The molecule has 0 saturated carbocycles. The standard InChI is InChI=1S/C15H28N5/c1-20(9-2-3-10-20)11-8-18-6-7-19-15-12-13(16)4-5-14(15)17/h4-5,12,18-19H,2-3,6-11,16-17H2,1H3/q+1. The van der Waals surface area contributed by atoms with E-state index in [1.807, 2.05) is 18.2 Å². The Hall–Kier alpha value is -1.46. The van der Waals surface area contributed by atoms with Crippen LogP contribution in [0.3, 0.4) is 0 Å². The molecule has 0 aromatic heterocycles. The second-order valence-electron chi connectivity index (χ2n) is 6.02. The number of anilines is 3. The minimum atomic E-state index is 0.737. The molecule has 1 fully saturated rings. The van der Waals surface area contributed by atoms with Crippen molar-refractivity contribution in [3.63, 3.8) is 0 Å². The van der Waals surface area contributed by atoms with Gasteiger partial charge in [-0.25, -0.2) is 0 Å². The van der Waals surface area contributed by atoms with E-state index in [1.54, 1.807) is 0 Å². The van der Waals surface area contributed by atoms with E-state index in [1.165, 1.54) is 37.0 Å². The van der Waals surface area contributed by atoms with E-state index in [2.05, 4.69) is 17.7 Å². The van der Waals surface area contributed by atoms with Crippen LogP contribution in [0, 0.1) is 0 Å². The number of nitrogen functional groups attached to an aromatic ring is 2. The Bertz CT molecular complexity index is 426. The number of likely N-dealkylation sites (N-methyl/N-ethyl adjacent to an activating group) is 1. The van der Waals surface area contributed by atoms with Crippen molar-refractivity contribution in [2.45, 2.75) is 12.8 Å². The van der Waals surface area contributed by atoms with E-state index in [-0.39, 0.29) is 0 Å². The van der Waals surface area contributed by atoms with Crippen molar-refractivity contribution in [1.29, 1.82) is 0 Å². The van der Waals surface area contributed by atoms with Gasteiger partial charge in [0.1, 0.15) is 0 Å². The van der Waals surface area contributed by atoms with Crippen LogP contribution in [0.15, 0.2) is 18.2 Å². The van der Waals surface area contributed by atoms with Crippen molar-refractivity contribution >= 4 is 17.1 Å². The molecule has 1 aromatic carbocycles. The first-order valence-corrected chi connectivity index (χ1v) is 7.52. The monoisotopic (exact) mass is 278 g/mol. The first-order valence-electron chi connectivity index (χ1n) is 7.52. The van der Waals surface area contributed by atoms with Gasteiger partial charge in [0.2, 0.25) is 0 Å². The van der Waals surface area contributed by atoms with E-state index in [4.69, 9.17) is 11.5 Å². The van der Waals surface area contributed by atoms with Gasteiger partial charge < -0.3 is 26.6 Å². The molecular formula is C15H28N5+. The van der Waals surface area contributed by atoms with Gasteiger partial charge in [-0.15, -0.1) is 0 Å². The Morgan fingerprint density at radius 3 is 2.60 bits per heavy atom. The molecule has 0 spiro atoms. The second-order valence-corrected chi connectivity index (χ2v) is 6.02. The van der Waals surface area contributed by atoms with E-state index >= 15 is 0 Å². The van der Waals surface area contributed by atoms with Crippen molar-refractivity contribution in [1.82, 2.24) is 5.32 Å². The molecule has 0 unspecified atom stereocenters. The van der Waals surface area contributed by atoms with E-state index in [0.29, 0.717) is 0 Å². The molecule has 2 rings (SSSR count). The highest BCUT2D eigenvalue weighted by molar-refractivity contribution is 5.70. The summed E-state index contributed by atoms with van der Waals surface area (Å²) in [7, 11) is 2.36. The van der Waals surface area contributed by atoms with Crippen LogP contribution in [-0.4, -0.2) is 50.8 Å². The fourth-order valence-corrected chi connectivity index (χ4v) is 2.81. The maximum absolute atomic E-state index is 5.89. The Morgan fingerprint density at radius 2 is 1.85 bits per heavy atom. The number of rotatable bonds is 7. The molecule has 0 aliphatic carbocycles. The number of nitrogens with one attached hydrogen (secondary N) is 2. The molecule has 6 N–H and O–H groups in total. The molecule has 0 atom stereocenters. The predicted molar refractivity (Wildman–Crippen MR) is 86.6 cm³/mol. The van der Waals surface area contributed by atoms with E-state index in [0.717, 1.165) is 36.7 Å². The summed E-state index contributed by atoms with van der Waals surface area (Å²) in [6, 6.07) is 5.54. The number of quaternary nitrogens is 1. The number of hydrogen-bond donors (Lipinski definition) is 4. The van der Waals surface area contributed by atoms with Gasteiger partial charge in [0.05, 0.1) is 38.1 Å². The normalized spacial score (nSPS) is 17.2. The average Bonchev–Trinajstić information content (AvgIpc) is 2.85. The largest absolute Gasteiger partial charge is 0.399 e. The molecule has 1 saturated heterocycles. The fraction of sp³-hybridized carbons (Fsp3) is 0.600. The molecule has 1 aliphatic heterocycles. The third kappa shape index (κ3) is 4.28. The molecule has 5 nitrogen and oxygen atoms in total. The van der Waals surface area contributed by atoms with Crippen molar-refractivity contribution in [2.75, 3.05) is 63.1 Å². The molecule has 0 bridgehead atoms. The topological polar surface area (TPSA) is 76.1 Å². The number of nitrogens with two attached hydrogens (primary N) is 2. The van der Waals surface area contributed by atoms with Crippen LogP contribution in [0.25, 0.3) is 0 Å². The lowest BCUT2D eigenvalue weighted by atomic mass is 10.2. The predicted octanol–water partition coefficient (Wildman–Crippen LogP) is 1.09. The van der Waals surface area contributed by atoms with E-state index < -0.39 is 0 Å². The summed E-state index contributed by atoms with van der Waals surface area (Å²) < 4.78 is 1.22. The summed E-state index contributed by atoms with van der Waals surface area (Å²) in [5, 5.41) is 6.81. The van der Waals surface area contributed by atoms with E-state index in [9.17, 15) is 0 Å². The fourth-order valence-electron chi connectivity index (χ4n) is 2.81. The Morgan fingerprint density at radius 1 is 1.10 bits per heavy atom. The van der Waals surface area contributed by atoms with Crippen LogP contribution in [0.4, 0.5) is 17.1 Å². The highest BCUT2D eigenvalue weighted by Crippen LogP contribution is 2.20. The van der Waals surface area contributed by atoms with Crippen LogP contribution >= 0.6 is 0 Å². The molecule has 0 amide bonds. The number of benzene rings is 1. The van der Waals surface area contributed by atoms with Gasteiger partial charge in [0.15, 0.2) is 0 Å². The van der Waals surface area contributed by atoms with Crippen LogP contribution in [-0.2, 0) is 0 Å². The Kier molecular flexibility index (Phi) is 5.09. The molecule has 112 valence electrons. The molecule has 5 heteroatoms. The summed E-state index contributed by atoms with van der Waals surface area (Å²) in [5.74, 6) is 0. The summed E-state index contributed by atoms with van der Waals surface area (Å²) >= 11 is 0. The highest BCUT2D eigenvalue weighted by atomic mass is 15.3. The zero-order valence-corrected chi connectivity index (χ0v) is 12.5. The smallest absolute Gasteiger partial charge is 0.0911 e. The lowest BCUT2D eigenvalue weighted by Crippen LogP contribution is -2.45.